The lowest BCUT2D eigenvalue weighted by atomic mass is 10.1. The first-order valence-electron chi connectivity index (χ1n) is 9.15. The zero-order valence-electron chi connectivity index (χ0n) is 15.6. The molecule has 2 aromatic heterocycles. The fraction of sp³-hybridized carbons (Fsp3) is 0.316. The third-order valence-electron chi connectivity index (χ3n) is 4.82. The number of aromatic nitrogens is 4. The Bertz CT molecular complexity index is 1060. The molecule has 10 heteroatoms. The van der Waals surface area contributed by atoms with E-state index in [1.165, 1.54) is 16.8 Å². The van der Waals surface area contributed by atoms with Gasteiger partial charge >= 0.3 is 0 Å². The van der Waals surface area contributed by atoms with Crippen molar-refractivity contribution in [2.75, 3.05) is 18.0 Å². The van der Waals surface area contributed by atoms with Gasteiger partial charge in [0.25, 0.3) is 5.69 Å². The average molecular weight is 400 g/mol. The van der Waals surface area contributed by atoms with Crippen LogP contribution in [0.25, 0.3) is 16.9 Å². The molecule has 0 aliphatic carbocycles. The molecule has 0 N–H and O–H groups in total. The highest BCUT2D eigenvalue weighted by molar-refractivity contribution is 5.60. The minimum atomic E-state index is -0.787. The molecule has 0 spiro atoms. The van der Waals surface area contributed by atoms with Gasteiger partial charge in [0.15, 0.2) is 5.82 Å². The molecule has 29 heavy (non-hydrogen) atoms. The Hall–Kier alpha value is -3.43. The number of aryl methyl sites for hydroxylation is 1. The highest BCUT2D eigenvalue weighted by atomic mass is 19.1. The second-order valence-corrected chi connectivity index (χ2v) is 6.92. The van der Waals surface area contributed by atoms with Crippen molar-refractivity contribution in [2.45, 2.75) is 25.9 Å². The zero-order valence-corrected chi connectivity index (χ0v) is 15.6. The lowest BCUT2D eigenvalue weighted by Gasteiger charge is -2.28. The lowest BCUT2D eigenvalue weighted by molar-refractivity contribution is -0.385. The van der Waals surface area contributed by atoms with Crippen LogP contribution in [0.5, 0.6) is 0 Å². The molecule has 0 radical (unpaired) electrons. The number of nitro groups is 1. The monoisotopic (exact) mass is 400 g/mol. The minimum Gasteiger partial charge on any atom is -0.341 e. The summed E-state index contributed by atoms with van der Waals surface area (Å²) in [7, 11) is 0. The van der Waals surface area contributed by atoms with Crippen molar-refractivity contribution in [3.63, 3.8) is 0 Å². The van der Waals surface area contributed by atoms with E-state index in [1.54, 1.807) is 18.5 Å². The smallest absolute Gasteiger partial charge is 0.272 e. The molecule has 3 aromatic rings. The van der Waals surface area contributed by atoms with E-state index in [9.17, 15) is 18.9 Å². The van der Waals surface area contributed by atoms with E-state index in [-0.39, 0.29) is 11.4 Å². The van der Waals surface area contributed by atoms with Crippen molar-refractivity contribution in [3.05, 3.63) is 58.3 Å². The molecule has 1 aromatic carbocycles. The summed E-state index contributed by atoms with van der Waals surface area (Å²) in [6, 6.07) is 5.18. The van der Waals surface area contributed by atoms with Crippen LogP contribution >= 0.6 is 0 Å². The molecule has 3 heterocycles. The number of piperidine rings is 1. The number of non-ortho nitro benzene ring substituents is 1. The maximum atomic E-state index is 14.3. The van der Waals surface area contributed by atoms with Gasteiger partial charge in [-0.15, -0.1) is 0 Å². The molecule has 0 amide bonds. The van der Waals surface area contributed by atoms with Gasteiger partial charge in [-0.2, -0.15) is 5.10 Å². The van der Waals surface area contributed by atoms with Gasteiger partial charge in [0.1, 0.15) is 11.9 Å². The predicted molar refractivity (Wildman–Crippen MR) is 102 cm³/mol. The van der Waals surface area contributed by atoms with Crippen molar-refractivity contribution in [3.8, 4) is 16.9 Å². The number of hydrogen-bond donors (Lipinski definition) is 0. The fourth-order valence-electron chi connectivity index (χ4n) is 3.27. The second-order valence-electron chi connectivity index (χ2n) is 6.92. The van der Waals surface area contributed by atoms with Crippen LogP contribution in [-0.2, 0) is 0 Å². The van der Waals surface area contributed by atoms with Gasteiger partial charge in [0.05, 0.1) is 22.9 Å². The van der Waals surface area contributed by atoms with Crippen LogP contribution in [0, 0.1) is 22.9 Å². The molecular weight excluding hydrogens is 382 g/mol. The van der Waals surface area contributed by atoms with Crippen LogP contribution in [0.1, 0.15) is 18.5 Å². The topological polar surface area (TPSA) is 90.0 Å². The third kappa shape index (κ3) is 3.91. The number of alkyl halides is 1. The largest absolute Gasteiger partial charge is 0.341 e. The summed E-state index contributed by atoms with van der Waals surface area (Å²) in [5.74, 6) is -0.219. The molecule has 1 saturated heterocycles. The molecule has 4 rings (SSSR count). The van der Waals surface area contributed by atoms with Crippen molar-refractivity contribution in [1.29, 1.82) is 0 Å². The van der Waals surface area contributed by atoms with Gasteiger partial charge in [-0.05, 0) is 31.9 Å². The van der Waals surface area contributed by atoms with Gasteiger partial charge in [-0.1, -0.05) is 0 Å². The Morgan fingerprint density at radius 1 is 1.21 bits per heavy atom. The zero-order chi connectivity index (χ0) is 20.5. The van der Waals surface area contributed by atoms with E-state index in [4.69, 9.17) is 0 Å². The SMILES string of the molecule is Cc1cc(-c2cnn(-c3ccc([N+](=O)[O-])cc3F)c2)nc(N2CCC(F)CC2)n1. The normalized spacial score (nSPS) is 14.9. The number of anilines is 1. The van der Waals surface area contributed by atoms with Crippen LogP contribution in [0.2, 0.25) is 0 Å². The molecule has 1 aliphatic heterocycles. The lowest BCUT2D eigenvalue weighted by Crippen LogP contribution is -2.35. The van der Waals surface area contributed by atoms with Crippen LogP contribution in [0.3, 0.4) is 0 Å². The molecule has 0 unspecified atom stereocenters. The van der Waals surface area contributed by atoms with E-state index in [1.807, 2.05) is 11.8 Å². The van der Waals surface area contributed by atoms with Crippen molar-refractivity contribution in [2.24, 2.45) is 0 Å². The number of rotatable bonds is 4. The Labute approximate surface area is 165 Å². The highest BCUT2D eigenvalue weighted by Gasteiger charge is 2.21. The Morgan fingerprint density at radius 2 is 1.97 bits per heavy atom. The molecule has 1 aliphatic rings. The van der Waals surface area contributed by atoms with Gasteiger partial charge in [0, 0.05) is 36.6 Å². The van der Waals surface area contributed by atoms with E-state index in [2.05, 4.69) is 15.1 Å². The minimum absolute atomic E-state index is 0.0952. The molecule has 0 atom stereocenters. The van der Waals surface area contributed by atoms with Gasteiger partial charge < -0.3 is 4.90 Å². The first kappa shape index (κ1) is 18.9. The van der Waals surface area contributed by atoms with E-state index in [0.29, 0.717) is 43.1 Å². The molecule has 0 saturated carbocycles. The van der Waals surface area contributed by atoms with Crippen molar-refractivity contribution >= 4 is 11.6 Å². The van der Waals surface area contributed by atoms with Crippen LogP contribution in [0.15, 0.2) is 36.7 Å². The molecule has 150 valence electrons. The maximum absolute atomic E-state index is 14.3. The highest BCUT2D eigenvalue weighted by Crippen LogP contribution is 2.25. The molecule has 0 bridgehead atoms. The van der Waals surface area contributed by atoms with Crippen LogP contribution in [-0.4, -0.2) is 43.9 Å². The Morgan fingerprint density at radius 3 is 2.66 bits per heavy atom. The van der Waals surface area contributed by atoms with Crippen LogP contribution in [0.4, 0.5) is 20.4 Å². The maximum Gasteiger partial charge on any atom is 0.272 e. The summed E-state index contributed by atoms with van der Waals surface area (Å²) in [6.07, 6.45) is 3.25. The number of nitrogens with zero attached hydrogens (tertiary/aromatic N) is 6. The van der Waals surface area contributed by atoms with E-state index in [0.717, 1.165) is 11.8 Å². The second kappa shape index (κ2) is 7.53. The molecular formula is C19H18F2N6O2. The summed E-state index contributed by atoms with van der Waals surface area (Å²) in [5, 5.41) is 14.9. The fourth-order valence-corrected chi connectivity index (χ4v) is 3.27. The average Bonchev–Trinajstić information content (AvgIpc) is 3.18. The van der Waals surface area contributed by atoms with Gasteiger partial charge in [-0.25, -0.2) is 23.4 Å². The summed E-state index contributed by atoms with van der Waals surface area (Å²) in [5.41, 5.74) is 1.78. The third-order valence-corrected chi connectivity index (χ3v) is 4.82. The van der Waals surface area contributed by atoms with Crippen molar-refractivity contribution in [1.82, 2.24) is 19.7 Å². The Kier molecular flexibility index (Phi) is 4.91. The number of halogens is 2. The van der Waals surface area contributed by atoms with Gasteiger partial charge in [0.2, 0.25) is 5.95 Å². The first-order valence-corrected chi connectivity index (χ1v) is 9.15. The summed E-state index contributed by atoms with van der Waals surface area (Å²) in [6.45, 7) is 2.95. The predicted octanol–water partition coefficient (Wildman–Crippen LogP) is 3.62. The number of benzene rings is 1. The van der Waals surface area contributed by atoms with Crippen molar-refractivity contribution < 1.29 is 13.7 Å². The number of nitro benzene ring substituents is 1. The standard InChI is InChI=1S/C19H18F2N6O2/c1-12-8-17(24-19(23-12)25-6-4-14(20)5-7-25)13-10-22-26(11-13)18-3-2-15(27(28)29)9-16(18)21/h2-3,8-11,14H,4-7H2,1H3. The molecule has 8 nitrogen and oxygen atoms in total. The Balaban J connectivity index is 1.64. The summed E-state index contributed by atoms with van der Waals surface area (Å²) in [4.78, 5) is 21.1. The number of hydrogen-bond acceptors (Lipinski definition) is 6. The summed E-state index contributed by atoms with van der Waals surface area (Å²) < 4.78 is 29.0. The van der Waals surface area contributed by atoms with Crippen LogP contribution < -0.4 is 4.90 Å². The quantitative estimate of drug-likeness (QED) is 0.491. The first-order chi connectivity index (χ1) is 13.9. The molecule has 1 fully saturated rings. The van der Waals surface area contributed by atoms with E-state index < -0.39 is 16.9 Å². The summed E-state index contributed by atoms with van der Waals surface area (Å²) >= 11 is 0. The van der Waals surface area contributed by atoms with Gasteiger partial charge in [-0.3, -0.25) is 10.1 Å². The van der Waals surface area contributed by atoms with E-state index >= 15 is 0 Å².